The molecule has 0 spiro atoms. The Kier molecular flexibility index (Phi) is 4.03. The van der Waals surface area contributed by atoms with Gasteiger partial charge < -0.3 is 10.8 Å². The topological polar surface area (TPSA) is 62.4 Å². The number of benzene rings is 1. The standard InChI is InChI=1S/C15H21N3OS/c16-8-5-15(19)6-9-18(10-7-15)11-14-17-12-3-1-2-4-13(12)20-14/h1-4,19H,5-11,16H2. The molecule has 2 heterocycles. The van der Waals surface area contributed by atoms with Crippen LogP contribution in [0.3, 0.4) is 0 Å². The molecular formula is C15H21N3OS. The van der Waals surface area contributed by atoms with Crippen LogP contribution in [0.5, 0.6) is 0 Å². The molecule has 108 valence electrons. The first-order chi connectivity index (χ1) is 9.68. The molecular weight excluding hydrogens is 270 g/mol. The lowest BCUT2D eigenvalue weighted by Gasteiger charge is -2.37. The number of aromatic nitrogens is 1. The first-order valence-electron chi connectivity index (χ1n) is 7.18. The van der Waals surface area contributed by atoms with Crippen molar-refractivity contribution >= 4 is 21.6 Å². The summed E-state index contributed by atoms with van der Waals surface area (Å²) in [6, 6.07) is 8.26. The van der Waals surface area contributed by atoms with Crippen LogP contribution in [-0.4, -0.2) is 40.2 Å². The van der Waals surface area contributed by atoms with E-state index in [4.69, 9.17) is 5.73 Å². The van der Waals surface area contributed by atoms with Gasteiger partial charge in [0.2, 0.25) is 0 Å². The van der Waals surface area contributed by atoms with Gasteiger partial charge in [-0.3, -0.25) is 4.90 Å². The molecule has 1 aliphatic rings. The summed E-state index contributed by atoms with van der Waals surface area (Å²) in [7, 11) is 0. The average molecular weight is 291 g/mol. The Morgan fingerprint density at radius 3 is 2.75 bits per heavy atom. The van der Waals surface area contributed by atoms with Crippen molar-refractivity contribution in [2.24, 2.45) is 5.73 Å². The van der Waals surface area contributed by atoms with Crippen LogP contribution in [0.15, 0.2) is 24.3 Å². The van der Waals surface area contributed by atoms with Crippen molar-refractivity contribution in [1.29, 1.82) is 0 Å². The van der Waals surface area contributed by atoms with Crippen LogP contribution in [0.25, 0.3) is 10.2 Å². The predicted octanol–water partition coefficient (Wildman–Crippen LogP) is 1.97. The third-order valence-electron chi connectivity index (χ3n) is 4.09. The number of hydrogen-bond donors (Lipinski definition) is 2. The number of thiazole rings is 1. The molecule has 0 unspecified atom stereocenters. The van der Waals surface area contributed by atoms with Crippen LogP contribution in [0.1, 0.15) is 24.3 Å². The zero-order valence-corrected chi connectivity index (χ0v) is 12.4. The third-order valence-corrected chi connectivity index (χ3v) is 5.11. The van der Waals surface area contributed by atoms with Gasteiger partial charge in [0.1, 0.15) is 5.01 Å². The number of aliphatic hydroxyl groups is 1. The lowest BCUT2D eigenvalue weighted by molar-refractivity contribution is -0.0273. The fourth-order valence-electron chi connectivity index (χ4n) is 2.82. The minimum atomic E-state index is -0.543. The molecule has 4 nitrogen and oxygen atoms in total. The number of likely N-dealkylation sites (tertiary alicyclic amines) is 1. The molecule has 1 saturated heterocycles. The second-order valence-electron chi connectivity index (χ2n) is 5.61. The fraction of sp³-hybridized carbons (Fsp3) is 0.533. The van der Waals surface area contributed by atoms with Crippen LogP contribution in [0.4, 0.5) is 0 Å². The lowest BCUT2D eigenvalue weighted by Crippen LogP contribution is -2.45. The molecule has 0 radical (unpaired) electrons. The maximum absolute atomic E-state index is 10.3. The molecule has 1 aliphatic heterocycles. The monoisotopic (exact) mass is 291 g/mol. The molecule has 3 rings (SSSR count). The summed E-state index contributed by atoms with van der Waals surface area (Å²) in [6.45, 7) is 3.30. The molecule has 20 heavy (non-hydrogen) atoms. The average Bonchev–Trinajstić information content (AvgIpc) is 2.84. The summed E-state index contributed by atoms with van der Waals surface area (Å²) < 4.78 is 1.25. The lowest BCUT2D eigenvalue weighted by atomic mass is 9.88. The van der Waals surface area contributed by atoms with Crippen LogP contribution in [0, 0.1) is 0 Å². The molecule has 1 aromatic heterocycles. The van der Waals surface area contributed by atoms with E-state index in [2.05, 4.69) is 28.1 Å². The summed E-state index contributed by atoms with van der Waals surface area (Å²) in [5.74, 6) is 0. The summed E-state index contributed by atoms with van der Waals surface area (Å²) in [5.41, 5.74) is 6.11. The van der Waals surface area contributed by atoms with E-state index in [1.54, 1.807) is 11.3 Å². The molecule has 2 aromatic rings. The van der Waals surface area contributed by atoms with Gasteiger partial charge in [0.05, 0.1) is 22.4 Å². The van der Waals surface area contributed by atoms with E-state index in [-0.39, 0.29) is 0 Å². The highest BCUT2D eigenvalue weighted by atomic mass is 32.1. The van der Waals surface area contributed by atoms with Crippen molar-refractivity contribution < 1.29 is 5.11 Å². The first-order valence-corrected chi connectivity index (χ1v) is 7.99. The Balaban J connectivity index is 1.62. The summed E-state index contributed by atoms with van der Waals surface area (Å²) >= 11 is 1.77. The number of piperidine rings is 1. The fourth-order valence-corrected chi connectivity index (χ4v) is 3.83. The minimum Gasteiger partial charge on any atom is -0.390 e. The SMILES string of the molecule is NCCC1(O)CCN(Cc2nc3ccccc3s2)CC1. The Labute approximate surface area is 123 Å². The van der Waals surface area contributed by atoms with Gasteiger partial charge in [0.15, 0.2) is 0 Å². The number of nitrogens with zero attached hydrogens (tertiary/aromatic N) is 2. The molecule has 1 fully saturated rings. The highest BCUT2D eigenvalue weighted by Gasteiger charge is 2.31. The van der Waals surface area contributed by atoms with E-state index >= 15 is 0 Å². The molecule has 0 amide bonds. The Morgan fingerprint density at radius 2 is 2.05 bits per heavy atom. The Hall–Kier alpha value is -1.01. The van der Waals surface area contributed by atoms with Crippen molar-refractivity contribution in [3.05, 3.63) is 29.3 Å². The molecule has 0 aliphatic carbocycles. The van der Waals surface area contributed by atoms with Crippen molar-refractivity contribution in [3.8, 4) is 0 Å². The summed E-state index contributed by atoms with van der Waals surface area (Å²) in [5, 5.41) is 11.5. The Bertz CT molecular complexity index is 542. The second-order valence-corrected chi connectivity index (χ2v) is 6.73. The molecule has 0 bridgehead atoms. The number of hydrogen-bond acceptors (Lipinski definition) is 5. The second kappa shape index (κ2) is 5.77. The zero-order chi connectivity index (χ0) is 14.0. The maximum Gasteiger partial charge on any atom is 0.108 e. The van der Waals surface area contributed by atoms with Gasteiger partial charge in [-0.05, 0) is 37.9 Å². The summed E-state index contributed by atoms with van der Waals surface area (Å²) in [6.07, 6.45) is 2.34. The normalized spacial score (nSPS) is 19.5. The van der Waals surface area contributed by atoms with E-state index in [1.165, 1.54) is 4.70 Å². The highest BCUT2D eigenvalue weighted by Crippen LogP contribution is 2.28. The zero-order valence-electron chi connectivity index (χ0n) is 11.6. The van der Waals surface area contributed by atoms with Crippen molar-refractivity contribution in [2.75, 3.05) is 19.6 Å². The van der Waals surface area contributed by atoms with Crippen molar-refractivity contribution in [3.63, 3.8) is 0 Å². The number of rotatable bonds is 4. The smallest absolute Gasteiger partial charge is 0.108 e. The minimum absolute atomic E-state index is 0.543. The molecule has 5 heteroatoms. The van der Waals surface area contributed by atoms with Crippen LogP contribution < -0.4 is 5.73 Å². The summed E-state index contributed by atoms with van der Waals surface area (Å²) in [4.78, 5) is 7.05. The van der Waals surface area contributed by atoms with Gasteiger partial charge in [-0.15, -0.1) is 11.3 Å². The molecule has 1 aromatic carbocycles. The van der Waals surface area contributed by atoms with Gasteiger partial charge in [-0.2, -0.15) is 0 Å². The van der Waals surface area contributed by atoms with Crippen LogP contribution >= 0.6 is 11.3 Å². The quantitative estimate of drug-likeness (QED) is 0.904. The van der Waals surface area contributed by atoms with E-state index < -0.39 is 5.60 Å². The van der Waals surface area contributed by atoms with Crippen LogP contribution in [-0.2, 0) is 6.54 Å². The van der Waals surface area contributed by atoms with E-state index in [0.717, 1.165) is 43.0 Å². The first kappa shape index (κ1) is 13.9. The largest absolute Gasteiger partial charge is 0.390 e. The van der Waals surface area contributed by atoms with Crippen molar-refractivity contribution in [1.82, 2.24) is 9.88 Å². The van der Waals surface area contributed by atoms with Gasteiger partial charge in [-0.25, -0.2) is 4.98 Å². The molecule has 0 saturated carbocycles. The molecule has 3 N–H and O–H groups in total. The van der Waals surface area contributed by atoms with Crippen molar-refractivity contribution in [2.45, 2.75) is 31.4 Å². The molecule has 0 atom stereocenters. The van der Waals surface area contributed by atoms with Gasteiger partial charge in [0.25, 0.3) is 0 Å². The Morgan fingerprint density at radius 1 is 1.30 bits per heavy atom. The predicted molar refractivity (Wildman–Crippen MR) is 82.8 cm³/mol. The number of nitrogens with two attached hydrogens (primary N) is 1. The number of para-hydroxylation sites is 1. The third kappa shape index (κ3) is 3.01. The maximum atomic E-state index is 10.3. The van der Waals surface area contributed by atoms with E-state index in [9.17, 15) is 5.11 Å². The van der Waals surface area contributed by atoms with Gasteiger partial charge >= 0.3 is 0 Å². The van der Waals surface area contributed by atoms with Gasteiger partial charge in [0, 0.05) is 13.1 Å². The number of fused-ring (bicyclic) bond motifs is 1. The van der Waals surface area contributed by atoms with Gasteiger partial charge in [-0.1, -0.05) is 12.1 Å². The van der Waals surface area contributed by atoms with E-state index in [1.807, 2.05) is 6.07 Å². The van der Waals surface area contributed by atoms with E-state index in [0.29, 0.717) is 13.0 Å². The highest BCUT2D eigenvalue weighted by molar-refractivity contribution is 7.18. The van der Waals surface area contributed by atoms with Crippen LogP contribution in [0.2, 0.25) is 0 Å².